The van der Waals surface area contributed by atoms with E-state index in [0.29, 0.717) is 35.8 Å². The summed E-state index contributed by atoms with van der Waals surface area (Å²) in [6.45, 7) is 5.92. The molecule has 1 aromatic carbocycles. The Balaban J connectivity index is 1.83. The molecule has 1 aromatic rings. The van der Waals surface area contributed by atoms with Crippen molar-refractivity contribution in [3.8, 4) is 11.5 Å². The molecule has 1 N–H and O–H groups in total. The Morgan fingerprint density at radius 3 is 2.96 bits per heavy atom. The summed E-state index contributed by atoms with van der Waals surface area (Å²) < 4.78 is 10.9. The van der Waals surface area contributed by atoms with E-state index in [4.69, 9.17) is 9.47 Å². The topological polar surface area (TPSA) is 50.8 Å². The Morgan fingerprint density at radius 2 is 2.17 bits per heavy atom. The summed E-state index contributed by atoms with van der Waals surface area (Å²) in [7, 11) is 1.59. The van der Waals surface area contributed by atoms with Gasteiger partial charge in [-0.3, -0.25) is 4.79 Å². The van der Waals surface area contributed by atoms with Crippen molar-refractivity contribution in [1.82, 2.24) is 10.2 Å². The van der Waals surface area contributed by atoms with Crippen molar-refractivity contribution in [3.05, 3.63) is 36.4 Å². The van der Waals surface area contributed by atoms with Crippen molar-refractivity contribution in [2.24, 2.45) is 0 Å². The Hall–Kier alpha value is -2.01. The number of amides is 1. The SMILES string of the molecule is C=CCOc1ccc(C(=O)N2C3CCNCC2CC3)cc1OC. The third-order valence-corrected chi connectivity index (χ3v) is 4.66. The summed E-state index contributed by atoms with van der Waals surface area (Å²) in [6.07, 6.45) is 4.90. The van der Waals surface area contributed by atoms with Crippen LogP contribution in [0.3, 0.4) is 0 Å². The highest BCUT2D eigenvalue weighted by atomic mass is 16.5. The molecule has 23 heavy (non-hydrogen) atoms. The minimum Gasteiger partial charge on any atom is -0.493 e. The average molecular weight is 316 g/mol. The first-order chi connectivity index (χ1) is 11.2. The molecule has 1 amide bonds. The number of hydrogen-bond donors (Lipinski definition) is 1. The molecule has 2 aliphatic rings. The lowest BCUT2D eigenvalue weighted by molar-refractivity contribution is 0.0680. The molecule has 3 rings (SSSR count). The zero-order valence-corrected chi connectivity index (χ0v) is 13.6. The maximum absolute atomic E-state index is 13.0. The molecule has 2 aliphatic heterocycles. The summed E-state index contributed by atoms with van der Waals surface area (Å²) in [5.41, 5.74) is 0.659. The molecular formula is C18H24N2O3. The molecule has 0 aliphatic carbocycles. The molecule has 2 unspecified atom stereocenters. The zero-order valence-electron chi connectivity index (χ0n) is 13.6. The van der Waals surface area contributed by atoms with Gasteiger partial charge in [-0.1, -0.05) is 12.7 Å². The van der Waals surface area contributed by atoms with Gasteiger partial charge in [0, 0.05) is 24.2 Å². The lowest BCUT2D eigenvalue weighted by Crippen LogP contribution is -2.42. The third-order valence-electron chi connectivity index (χ3n) is 4.66. The van der Waals surface area contributed by atoms with Crippen LogP contribution in [-0.2, 0) is 0 Å². The second kappa shape index (κ2) is 7.04. The van der Waals surface area contributed by atoms with Crippen molar-refractivity contribution in [2.45, 2.75) is 31.3 Å². The monoisotopic (exact) mass is 316 g/mol. The van der Waals surface area contributed by atoms with Gasteiger partial charge in [0.1, 0.15) is 6.61 Å². The third kappa shape index (κ3) is 3.20. The molecular weight excluding hydrogens is 292 g/mol. The highest BCUT2D eigenvalue weighted by molar-refractivity contribution is 5.95. The molecule has 0 spiro atoms. The van der Waals surface area contributed by atoms with Crippen LogP contribution in [0.2, 0.25) is 0 Å². The molecule has 5 nitrogen and oxygen atoms in total. The van der Waals surface area contributed by atoms with E-state index in [1.54, 1.807) is 25.3 Å². The molecule has 5 heteroatoms. The minimum absolute atomic E-state index is 0.0924. The van der Waals surface area contributed by atoms with Crippen molar-refractivity contribution >= 4 is 5.91 Å². The fourth-order valence-electron chi connectivity index (χ4n) is 3.53. The van der Waals surface area contributed by atoms with Crippen LogP contribution in [0.5, 0.6) is 11.5 Å². The highest BCUT2D eigenvalue weighted by Crippen LogP contribution is 2.32. The summed E-state index contributed by atoms with van der Waals surface area (Å²) in [6, 6.07) is 6.05. The van der Waals surface area contributed by atoms with E-state index in [1.807, 2.05) is 6.07 Å². The maximum Gasteiger partial charge on any atom is 0.254 e. The van der Waals surface area contributed by atoms with Crippen LogP contribution in [-0.4, -0.2) is 49.7 Å². The molecule has 0 aromatic heterocycles. The second-order valence-corrected chi connectivity index (χ2v) is 6.06. The second-order valence-electron chi connectivity index (χ2n) is 6.06. The van der Waals surface area contributed by atoms with Crippen LogP contribution in [0.4, 0.5) is 0 Å². The molecule has 2 saturated heterocycles. The van der Waals surface area contributed by atoms with Gasteiger partial charge in [-0.05, 0) is 44.0 Å². The van der Waals surface area contributed by atoms with E-state index < -0.39 is 0 Å². The fourth-order valence-corrected chi connectivity index (χ4v) is 3.53. The predicted molar refractivity (Wildman–Crippen MR) is 89.2 cm³/mol. The fraction of sp³-hybridized carbons (Fsp3) is 0.500. The first kappa shape index (κ1) is 15.9. The van der Waals surface area contributed by atoms with Gasteiger partial charge in [-0.2, -0.15) is 0 Å². The molecule has 2 heterocycles. The van der Waals surface area contributed by atoms with Crippen LogP contribution >= 0.6 is 0 Å². The van der Waals surface area contributed by atoms with Crippen LogP contribution in [0, 0.1) is 0 Å². The van der Waals surface area contributed by atoms with Crippen LogP contribution < -0.4 is 14.8 Å². The minimum atomic E-state index is 0.0924. The van der Waals surface area contributed by atoms with E-state index >= 15 is 0 Å². The van der Waals surface area contributed by atoms with Gasteiger partial charge < -0.3 is 19.7 Å². The van der Waals surface area contributed by atoms with Gasteiger partial charge in [-0.15, -0.1) is 0 Å². The van der Waals surface area contributed by atoms with Crippen molar-refractivity contribution < 1.29 is 14.3 Å². The van der Waals surface area contributed by atoms with E-state index in [0.717, 1.165) is 32.4 Å². The highest BCUT2D eigenvalue weighted by Gasteiger charge is 2.38. The molecule has 2 fully saturated rings. The number of ether oxygens (including phenoxy) is 2. The summed E-state index contributed by atoms with van der Waals surface area (Å²) >= 11 is 0. The number of hydrogen-bond acceptors (Lipinski definition) is 4. The Morgan fingerprint density at radius 1 is 1.35 bits per heavy atom. The Labute approximate surface area is 137 Å². The first-order valence-electron chi connectivity index (χ1n) is 8.19. The summed E-state index contributed by atoms with van der Waals surface area (Å²) in [5, 5.41) is 3.42. The van der Waals surface area contributed by atoms with Crippen LogP contribution in [0.15, 0.2) is 30.9 Å². The normalized spacial score (nSPS) is 23.3. The number of fused-ring (bicyclic) bond motifs is 2. The van der Waals surface area contributed by atoms with Gasteiger partial charge in [0.05, 0.1) is 7.11 Å². The van der Waals surface area contributed by atoms with Gasteiger partial charge in [-0.25, -0.2) is 0 Å². The van der Waals surface area contributed by atoms with Gasteiger partial charge in [0.25, 0.3) is 5.91 Å². The van der Waals surface area contributed by atoms with E-state index in [2.05, 4.69) is 16.8 Å². The van der Waals surface area contributed by atoms with Crippen molar-refractivity contribution in [3.63, 3.8) is 0 Å². The number of methoxy groups -OCH3 is 1. The summed E-state index contributed by atoms with van der Waals surface area (Å²) in [5.74, 6) is 1.30. The molecule has 0 radical (unpaired) electrons. The standard InChI is InChI=1S/C18H24N2O3/c1-3-10-23-16-7-4-13(11-17(16)22-2)18(21)20-14-5-6-15(20)12-19-9-8-14/h3-4,7,11,14-15,19H,1,5-6,8-10,12H2,2H3. The smallest absolute Gasteiger partial charge is 0.254 e. The lowest BCUT2D eigenvalue weighted by Gasteiger charge is -2.28. The first-order valence-corrected chi connectivity index (χ1v) is 8.19. The number of rotatable bonds is 5. The molecule has 0 saturated carbocycles. The number of nitrogens with zero attached hydrogens (tertiary/aromatic N) is 1. The van der Waals surface area contributed by atoms with Gasteiger partial charge in [0.2, 0.25) is 0 Å². The zero-order chi connectivity index (χ0) is 16.2. The van der Waals surface area contributed by atoms with Crippen LogP contribution in [0.1, 0.15) is 29.6 Å². The average Bonchev–Trinajstić information content (AvgIpc) is 2.84. The van der Waals surface area contributed by atoms with Gasteiger partial charge in [0.15, 0.2) is 11.5 Å². The van der Waals surface area contributed by atoms with E-state index in [1.165, 1.54) is 0 Å². The number of nitrogens with one attached hydrogen (secondary N) is 1. The molecule has 2 bridgehead atoms. The number of benzene rings is 1. The van der Waals surface area contributed by atoms with Crippen LogP contribution in [0.25, 0.3) is 0 Å². The van der Waals surface area contributed by atoms with Gasteiger partial charge >= 0.3 is 0 Å². The maximum atomic E-state index is 13.0. The van der Waals surface area contributed by atoms with Crippen molar-refractivity contribution in [2.75, 3.05) is 26.8 Å². The Kier molecular flexibility index (Phi) is 4.86. The molecule has 2 atom stereocenters. The predicted octanol–water partition coefficient (Wildman–Crippen LogP) is 2.23. The number of carbonyl (C=O) groups is 1. The summed E-state index contributed by atoms with van der Waals surface area (Å²) in [4.78, 5) is 15.1. The van der Waals surface area contributed by atoms with E-state index in [-0.39, 0.29) is 5.91 Å². The number of carbonyl (C=O) groups excluding carboxylic acids is 1. The Bertz CT molecular complexity index is 574. The quantitative estimate of drug-likeness (QED) is 0.846. The lowest BCUT2D eigenvalue weighted by atomic mass is 10.1. The van der Waals surface area contributed by atoms with Crippen molar-refractivity contribution in [1.29, 1.82) is 0 Å². The largest absolute Gasteiger partial charge is 0.493 e. The molecule has 124 valence electrons. The van der Waals surface area contributed by atoms with E-state index in [9.17, 15) is 4.79 Å².